The van der Waals surface area contributed by atoms with Crippen LogP contribution in [0.3, 0.4) is 0 Å². The van der Waals surface area contributed by atoms with Gasteiger partial charge in [-0.05, 0) is 63.3 Å². The second-order valence-electron chi connectivity index (χ2n) is 6.57. The van der Waals surface area contributed by atoms with Gasteiger partial charge in [0.05, 0.1) is 5.69 Å². The normalized spacial score (nSPS) is 24.1. The van der Waals surface area contributed by atoms with E-state index in [2.05, 4.69) is 44.0 Å². The van der Waals surface area contributed by atoms with Gasteiger partial charge in [-0.25, -0.2) is 4.39 Å². The van der Waals surface area contributed by atoms with Gasteiger partial charge >= 0.3 is 0 Å². The summed E-state index contributed by atoms with van der Waals surface area (Å²) in [5, 5.41) is 3.41. The first-order chi connectivity index (χ1) is 10.0. The molecular formula is C18H29FN2. The molecule has 21 heavy (non-hydrogen) atoms. The van der Waals surface area contributed by atoms with Crippen LogP contribution in [0, 0.1) is 11.7 Å². The Kier molecular flexibility index (Phi) is 5.63. The molecule has 0 aromatic heterocycles. The highest BCUT2D eigenvalue weighted by Crippen LogP contribution is 2.30. The maximum Gasteiger partial charge on any atom is 0.146 e. The Hall–Kier alpha value is -1.09. The number of hydrogen-bond acceptors (Lipinski definition) is 2. The second kappa shape index (κ2) is 7.26. The molecule has 1 fully saturated rings. The van der Waals surface area contributed by atoms with E-state index in [-0.39, 0.29) is 11.9 Å². The number of anilines is 1. The Morgan fingerprint density at radius 3 is 2.76 bits per heavy atom. The van der Waals surface area contributed by atoms with Crippen molar-refractivity contribution >= 4 is 5.69 Å². The molecule has 2 nitrogen and oxygen atoms in total. The summed E-state index contributed by atoms with van der Waals surface area (Å²) in [5.41, 5.74) is 1.79. The Morgan fingerprint density at radius 1 is 1.33 bits per heavy atom. The lowest BCUT2D eigenvalue weighted by atomic mass is 9.94. The number of hydrogen-bond donors (Lipinski definition) is 1. The number of nitrogens with one attached hydrogen (secondary N) is 1. The van der Waals surface area contributed by atoms with Crippen molar-refractivity contribution in [2.24, 2.45) is 5.92 Å². The van der Waals surface area contributed by atoms with Crippen LogP contribution in [0.1, 0.15) is 58.6 Å². The van der Waals surface area contributed by atoms with E-state index in [0.29, 0.717) is 12.0 Å². The van der Waals surface area contributed by atoms with Crippen LogP contribution >= 0.6 is 0 Å². The van der Waals surface area contributed by atoms with Gasteiger partial charge in [-0.2, -0.15) is 0 Å². The molecule has 0 saturated carbocycles. The van der Waals surface area contributed by atoms with E-state index in [1.165, 1.54) is 6.42 Å². The highest BCUT2D eigenvalue weighted by molar-refractivity contribution is 5.51. The minimum Gasteiger partial charge on any atom is -0.366 e. The molecule has 3 unspecified atom stereocenters. The first-order valence-electron chi connectivity index (χ1n) is 8.32. The molecular weight excluding hydrogens is 263 g/mol. The van der Waals surface area contributed by atoms with Gasteiger partial charge < -0.3 is 10.2 Å². The molecule has 1 aliphatic heterocycles. The van der Waals surface area contributed by atoms with Crippen LogP contribution in [-0.2, 0) is 0 Å². The SMILES string of the molecule is CCCNC(C)c1ccc(N2CC(C)CCC2C)c(F)c1. The summed E-state index contributed by atoms with van der Waals surface area (Å²) in [5.74, 6) is 0.559. The van der Waals surface area contributed by atoms with Crippen molar-refractivity contribution < 1.29 is 4.39 Å². The molecule has 1 saturated heterocycles. The highest BCUT2D eigenvalue weighted by Gasteiger charge is 2.25. The van der Waals surface area contributed by atoms with Crippen molar-refractivity contribution in [3.63, 3.8) is 0 Å². The predicted molar refractivity (Wildman–Crippen MR) is 88.3 cm³/mol. The van der Waals surface area contributed by atoms with Crippen LogP contribution in [0.4, 0.5) is 10.1 Å². The second-order valence-corrected chi connectivity index (χ2v) is 6.57. The molecule has 1 aliphatic rings. The molecule has 118 valence electrons. The topological polar surface area (TPSA) is 15.3 Å². The van der Waals surface area contributed by atoms with Crippen molar-refractivity contribution in [1.82, 2.24) is 5.32 Å². The Balaban J connectivity index is 2.15. The number of halogens is 1. The number of rotatable bonds is 5. The molecule has 0 radical (unpaired) electrons. The van der Waals surface area contributed by atoms with Crippen LogP contribution < -0.4 is 10.2 Å². The van der Waals surface area contributed by atoms with Crippen LogP contribution in [0.5, 0.6) is 0 Å². The lowest BCUT2D eigenvalue weighted by molar-refractivity contribution is 0.386. The van der Waals surface area contributed by atoms with Gasteiger partial charge in [-0.3, -0.25) is 0 Å². The predicted octanol–water partition coefficient (Wildman–Crippen LogP) is 4.51. The van der Waals surface area contributed by atoms with E-state index in [4.69, 9.17) is 0 Å². The van der Waals surface area contributed by atoms with Crippen molar-refractivity contribution in [1.29, 1.82) is 0 Å². The van der Waals surface area contributed by atoms with E-state index in [1.54, 1.807) is 6.07 Å². The third-order valence-electron chi connectivity index (χ3n) is 4.60. The van der Waals surface area contributed by atoms with Gasteiger partial charge in [0.15, 0.2) is 0 Å². The molecule has 0 spiro atoms. The average molecular weight is 292 g/mol. The van der Waals surface area contributed by atoms with E-state index < -0.39 is 0 Å². The van der Waals surface area contributed by atoms with Gasteiger partial charge in [0.1, 0.15) is 5.82 Å². The number of nitrogens with zero attached hydrogens (tertiary/aromatic N) is 1. The zero-order chi connectivity index (χ0) is 15.4. The zero-order valence-corrected chi connectivity index (χ0v) is 13.8. The summed E-state index contributed by atoms with van der Waals surface area (Å²) in [7, 11) is 0. The fourth-order valence-corrected chi connectivity index (χ4v) is 3.13. The van der Waals surface area contributed by atoms with Gasteiger partial charge in [-0.15, -0.1) is 0 Å². The third kappa shape index (κ3) is 3.97. The Labute approximate surface area is 128 Å². The first-order valence-corrected chi connectivity index (χ1v) is 8.32. The summed E-state index contributed by atoms with van der Waals surface area (Å²) in [4.78, 5) is 2.23. The van der Waals surface area contributed by atoms with E-state index in [9.17, 15) is 4.39 Å². The van der Waals surface area contributed by atoms with Crippen LogP contribution in [0.15, 0.2) is 18.2 Å². The fourth-order valence-electron chi connectivity index (χ4n) is 3.13. The molecule has 3 heteroatoms. The quantitative estimate of drug-likeness (QED) is 0.859. The Morgan fingerprint density at radius 2 is 2.10 bits per heavy atom. The summed E-state index contributed by atoms with van der Waals surface area (Å²) in [6.45, 7) is 10.6. The lowest BCUT2D eigenvalue weighted by Gasteiger charge is -2.38. The zero-order valence-electron chi connectivity index (χ0n) is 13.8. The van der Waals surface area contributed by atoms with Crippen LogP contribution in [0.25, 0.3) is 0 Å². The number of benzene rings is 1. The van der Waals surface area contributed by atoms with E-state index in [1.807, 2.05) is 6.07 Å². The number of piperidine rings is 1. The summed E-state index contributed by atoms with van der Waals surface area (Å²) in [6, 6.07) is 6.36. The van der Waals surface area contributed by atoms with Crippen molar-refractivity contribution in [2.45, 2.75) is 59.0 Å². The molecule has 0 bridgehead atoms. The maximum absolute atomic E-state index is 14.5. The average Bonchev–Trinajstić information content (AvgIpc) is 2.47. The molecule has 1 heterocycles. The first kappa shape index (κ1) is 16.3. The van der Waals surface area contributed by atoms with Gasteiger partial charge in [0.2, 0.25) is 0 Å². The molecule has 1 aromatic rings. The molecule has 1 aromatic carbocycles. The highest BCUT2D eigenvalue weighted by atomic mass is 19.1. The smallest absolute Gasteiger partial charge is 0.146 e. The summed E-state index contributed by atoms with van der Waals surface area (Å²) >= 11 is 0. The Bertz CT molecular complexity index is 461. The molecule has 0 amide bonds. The monoisotopic (exact) mass is 292 g/mol. The van der Waals surface area contributed by atoms with Gasteiger partial charge in [-0.1, -0.05) is 19.9 Å². The van der Waals surface area contributed by atoms with Crippen molar-refractivity contribution in [3.05, 3.63) is 29.6 Å². The molecule has 3 atom stereocenters. The minimum atomic E-state index is -0.0846. The summed E-state index contributed by atoms with van der Waals surface area (Å²) in [6.07, 6.45) is 3.49. The van der Waals surface area contributed by atoms with Crippen molar-refractivity contribution in [3.8, 4) is 0 Å². The van der Waals surface area contributed by atoms with Crippen molar-refractivity contribution in [2.75, 3.05) is 18.0 Å². The largest absolute Gasteiger partial charge is 0.366 e. The standard InChI is InChI=1S/C18H29FN2/c1-5-10-20-15(4)16-8-9-18(17(19)11-16)21-12-13(2)6-7-14(21)3/h8-9,11,13-15,20H,5-7,10,12H2,1-4H3. The van der Waals surface area contributed by atoms with Crippen LogP contribution in [0.2, 0.25) is 0 Å². The van der Waals surface area contributed by atoms with E-state index in [0.717, 1.165) is 37.2 Å². The van der Waals surface area contributed by atoms with E-state index >= 15 is 0 Å². The lowest BCUT2D eigenvalue weighted by Crippen LogP contribution is -2.41. The van der Waals surface area contributed by atoms with Gasteiger partial charge in [0.25, 0.3) is 0 Å². The molecule has 0 aliphatic carbocycles. The fraction of sp³-hybridized carbons (Fsp3) is 0.667. The summed E-state index contributed by atoms with van der Waals surface area (Å²) < 4.78 is 14.5. The molecule has 2 rings (SSSR count). The van der Waals surface area contributed by atoms with Crippen LogP contribution in [-0.4, -0.2) is 19.1 Å². The van der Waals surface area contributed by atoms with Gasteiger partial charge in [0, 0.05) is 18.6 Å². The maximum atomic E-state index is 14.5. The third-order valence-corrected chi connectivity index (χ3v) is 4.60. The molecule has 1 N–H and O–H groups in total. The minimum absolute atomic E-state index is 0.0846.